The van der Waals surface area contributed by atoms with Crippen LogP contribution in [0.4, 0.5) is 0 Å². The molecular formula is C27H40O4. The van der Waals surface area contributed by atoms with E-state index < -0.39 is 17.9 Å². The summed E-state index contributed by atoms with van der Waals surface area (Å²) in [6, 6.07) is 9.56. The summed E-state index contributed by atoms with van der Waals surface area (Å²) >= 11 is 0. The van der Waals surface area contributed by atoms with Gasteiger partial charge in [0.15, 0.2) is 0 Å². The largest absolute Gasteiger partial charge is 0.465 e. The Labute approximate surface area is 188 Å². The molecule has 0 aliphatic heterocycles. The number of hydrogen-bond donors (Lipinski definition) is 0. The van der Waals surface area contributed by atoms with Crippen molar-refractivity contribution in [2.75, 3.05) is 6.61 Å². The van der Waals surface area contributed by atoms with Gasteiger partial charge in [0, 0.05) is 0 Å². The zero-order valence-corrected chi connectivity index (χ0v) is 19.2. The molecule has 1 fully saturated rings. The van der Waals surface area contributed by atoms with Gasteiger partial charge >= 0.3 is 11.9 Å². The molecule has 4 nitrogen and oxygen atoms in total. The van der Waals surface area contributed by atoms with Crippen LogP contribution in [0.1, 0.15) is 95.6 Å². The van der Waals surface area contributed by atoms with E-state index in [0.29, 0.717) is 19.4 Å². The second-order valence-corrected chi connectivity index (χ2v) is 8.64. The van der Waals surface area contributed by atoms with Gasteiger partial charge < -0.3 is 9.47 Å². The second kappa shape index (κ2) is 14.8. The molecule has 1 saturated carbocycles. The number of carbonyl (C=O) groups excluding carboxylic acids is 2. The Kier molecular flexibility index (Phi) is 12.0. The Morgan fingerprint density at radius 1 is 0.935 bits per heavy atom. The fourth-order valence-corrected chi connectivity index (χ4v) is 4.32. The predicted molar refractivity (Wildman–Crippen MR) is 124 cm³/mol. The van der Waals surface area contributed by atoms with Crippen LogP contribution in [0, 0.1) is 11.8 Å². The van der Waals surface area contributed by atoms with Crippen molar-refractivity contribution in [2.24, 2.45) is 11.8 Å². The van der Waals surface area contributed by atoms with E-state index in [-0.39, 0.29) is 11.9 Å². The third-order valence-electron chi connectivity index (χ3n) is 6.20. The predicted octanol–water partition coefficient (Wildman–Crippen LogP) is 6.95. The molecule has 0 aromatic heterocycles. The summed E-state index contributed by atoms with van der Waals surface area (Å²) in [5.74, 6) is -1.37. The molecule has 3 atom stereocenters. The van der Waals surface area contributed by atoms with Crippen molar-refractivity contribution in [3.05, 3.63) is 48.6 Å². The molecule has 3 unspecified atom stereocenters. The Bertz CT molecular complexity index is 654. The molecular weight excluding hydrogens is 388 g/mol. The van der Waals surface area contributed by atoms with Crippen molar-refractivity contribution in [3.63, 3.8) is 0 Å². The monoisotopic (exact) mass is 428 g/mol. The average molecular weight is 429 g/mol. The minimum Gasteiger partial charge on any atom is -0.465 e. The van der Waals surface area contributed by atoms with Gasteiger partial charge in [-0.1, -0.05) is 102 Å². The van der Waals surface area contributed by atoms with E-state index in [4.69, 9.17) is 9.47 Å². The fraction of sp³-hybridized carbons (Fsp3) is 0.630. The molecule has 4 heteroatoms. The number of esters is 2. The average Bonchev–Trinajstić information content (AvgIpc) is 2.81. The maximum atomic E-state index is 12.9. The highest BCUT2D eigenvalue weighted by molar-refractivity contribution is 5.82. The van der Waals surface area contributed by atoms with Crippen LogP contribution in [0.3, 0.4) is 0 Å². The minimum absolute atomic E-state index is 0.237. The molecule has 0 bridgehead atoms. The van der Waals surface area contributed by atoms with E-state index in [1.165, 1.54) is 38.5 Å². The molecule has 1 aliphatic rings. The van der Waals surface area contributed by atoms with Crippen LogP contribution in [0.2, 0.25) is 0 Å². The van der Waals surface area contributed by atoms with Crippen molar-refractivity contribution in [2.45, 2.75) is 90.1 Å². The summed E-state index contributed by atoms with van der Waals surface area (Å²) in [4.78, 5) is 25.6. The maximum Gasteiger partial charge on any atom is 0.310 e. The Balaban J connectivity index is 1.76. The lowest BCUT2D eigenvalue weighted by Crippen LogP contribution is -2.35. The number of benzene rings is 1. The van der Waals surface area contributed by atoms with Crippen molar-refractivity contribution in [1.29, 1.82) is 0 Å². The molecule has 0 radical (unpaired) electrons. The zero-order valence-electron chi connectivity index (χ0n) is 19.2. The van der Waals surface area contributed by atoms with Crippen molar-refractivity contribution in [1.82, 2.24) is 0 Å². The second-order valence-electron chi connectivity index (χ2n) is 8.64. The van der Waals surface area contributed by atoms with E-state index in [1.807, 2.05) is 30.3 Å². The van der Waals surface area contributed by atoms with E-state index in [0.717, 1.165) is 31.2 Å². The summed E-state index contributed by atoms with van der Waals surface area (Å²) < 4.78 is 11.3. The SMILES string of the molecule is C=CC(OC(=O)C1CCCCC1C(=O)OCCCCCCCCCC)c1ccccc1. The summed E-state index contributed by atoms with van der Waals surface area (Å²) in [5, 5.41) is 0. The van der Waals surface area contributed by atoms with E-state index in [2.05, 4.69) is 13.5 Å². The highest BCUT2D eigenvalue weighted by atomic mass is 16.5. The highest BCUT2D eigenvalue weighted by Gasteiger charge is 2.38. The van der Waals surface area contributed by atoms with Crippen molar-refractivity contribution in [3.8, 4) is 0 Å². The summed E-state index contributed by atoms with van der Waals surface area (Å²) in [5.41, 5.74) is 0.885. The van der Waals surface area contributed by atoms with Gasteiger partial charge in [0.1, 0.15) is 6.10 Å². The molecule has 1 aromatic rings. The standard InChI is InChI=1S/C27H40O4/c1-3-5-6-7-8-9-10-16-21-30-26(28)23-19-14-15-20-24(23)27(29)31-25(4-2)22-17-12-11-13-18-22/h4,11-13,17-18,23-25H,2-3,5-10,14-16,19-21H2,1H3. The van der Waals surface area contributed by atoms with Gasteiger partial charge in [0.25, 0.3) is 0 Å². The topological polar surface area (TPSA) is 52.6 Å². The van der Waals surface area contributed by atoms with E-state index >= 15 is 0 Å². The molecule has 0 spiro atoms. The maximum absolute atomic E-state index is 12.9. The van der Waals surface area contributed by atoms with Gasteiger partial charge in [-0.15, -0.1) is 0 Å². The third kappa shape index (κ3) is 8.88. The Hall–Kier alpha value is -2.10. The molecule has 0 heterocycles. The van der Waals surface area contributed by atoms with Gasteiger partial charge in [-0.05, 0) is 30.9 Å². The quantitative estimate of drug-likeness (QED) is 0.183. The number of unbranched alkanes of at least 4 members (excludes halogenated alkanes) is 7. The van der Waals surface area contributed by atoms with Crippen LogP contribution in [-0.2, 0) is 19.1 Å². The van der Waals surface area contributed by atoms with Gasteiger partial charge in [0.2, 0.25) is 0 Å². The normalized spacial score (nSPS) is 19.4. The number of rotatable bonds is 14. The lowest BCUT2D eigenvalue weighted by Gasteiger charge is -2.29. The summed E-state index contributed by atoms with van der Waals surface area (Å²) in [7, 11) is 0. The number of carbonyl (C=O) groups is 2. The lowest BCUT2D eigenvalue weighted by atomic mass is 9.79. The first kappa shape index (κ1) is 25.2. The van der Waals surface area contributed by atoms with Crippen LogP contribution in [0.5, 0.6) is 0 Å². The smallest absolute Gasteiger partial charge is 0.310 e. The van der Waals surface area contributed by atoms with E-state index in [1.54, 1.807) is 6.08 Å². The number of hydrogen-bond acceptors (Lipinski definition) is 4. The molecule has 172 valence electrons. The van der Waals surface area contributed by atoms with Gasteiger partial charge in [-0.2, -0.15) is 0 Å². The first-order valence-electron chi connectivity index (χ1n) is 12.2. The van der Waals surface area contributed by atoms with Gasteiger partial charge in [0.05, 0.1) is 18.4 Å². The highest BCUT2D eigenvalue weighted by Crippen LogP contribution is 2.33. The first-order chi connectivity index (χ1) is 15.2. The van der Waals surface area contributed by atoms with Crippen LogP contribution in [0.15, 0.2) is 43.0 Å². The molecule has 31 heavy (non-hydrogen) atoms. The zero-order chi connectivity index (χ0) is 22.3. The summed E-state index contributed by atoms with van der Waals surface area (Å²) in [6.45, 7) is 6.48. The molecule has 0 amide bonds. The van der Waals surface area contributed by atoms with Gasteiger partial charge in [-0.3, -0.25) is 9.59 Å². The third-order valence-corrected chi connectivity index (χ3v) is 6.20. The Morgan fingerprint density at radius 2 is 1.52 bits per heavy atom. The van der Waals surface area contributed by atoms with Crippen LogP contribution in [0.25, 0.3) is 0 Å². The lowest BCUT2D eigenvalue weighted by molar-refractivity contribution is -0.165. The molecule has 0 saturated heterocycles. The fourth-order valence-electron chi connectivity index (χ4n) is 4.32. The first-order valence-corrected chi connectivity index (χ1v) is 12.2. The number of ether oxygens (including phenoxy) is 2. The summed E-state index contributed by atoms with van der Waals surface area (Å²) in [6.07, 6.45) is 14.0. The molecule has 1 aromatic carbocycles. The van der Waals surface area contributed by atoms with Crippen LogP contribution in [-0.4, -0.2) is 18.5 Å². The van der Waals surface area contributed by atoms with Crippen molar-refractivity contribution >= 4 is 11.9 Å². The molecule has 1 aliphatic carbocycles. The van der Waals surface area contributed by atoms with Crippen LogP contribution < -0.4 is 0 Å². The molecule has 2 rings (SSSR count). The molecule has 0 N–H and O–H groups in total. The van der Waals surface area contributed by atoms with Gasteiger partial charge in [-0.25, -0.2) is 0 Å². The van der Waals surface area contributed by atoms with Crippen LogP contribution >= 0.6 is 0 Å². The van der Waals surface area contributed by atoms with Crippen molar-refractivity contribution < 1.29 is 19.1 Å². The van der Waals surface area contributed by atoms with E-state index in [9.17, 15) is 9.59 Å². The minimum atomic E-state index is -0.496. The Morgan fingerprint density at radius 3 is 2.13 bits per heavy atom.